The average Bonchev–Trinajstić information content (AvgIpc) is 3.32. The predicted molar refractivity (Wildman–Crippen MR) is 108 cm³/mol. The van der Waals surface area contributed by atoms with E-state index in [9.17, 15) is 10.1 Å². The zero-order valence-electron chi connectivity index (χ0n) is 15.0. The molecular formula is C18H19N5O2S2. The molecule has 0 spiro atoms. The summed E-state index contributed by atoms with van der Waals surface area (Å²) in [7, 11) is 1.94. The zero-order chi connectivity index (χ0) is 19.1. The van der Waals surface area contributed by atoms with Crippen molar-refractivity contribution in [1.29, 1.82) is 0 Å². The van der Waals surface area contributed by atoms with Gasteiger partial charge < -0.3 is 9.47 Å². The van der Waals surface area contributed by atoms with Crippen molar-refractivity contribution in [2.75, 3.05) is 4.90 Å². The van der Waals surface area contributed by atoms with Crippen LogP contribution in [0.5, 0.6) is 0 Å². The second-order valence-electron chi connectivity index (χ2n) is 6.75. The van der Waals surface area contributed by atoms with Gasteiger partial charge in [0.2, 0.25) is 0 Å². The van der Waals surface area contributed by atoms with Gasteiger partial charge in [-0.05, 0) is 48.6 Å². The van der Waals surface area contributed by atoms with Gasteiger partial charge in [-0.15, -0.1) is 11.3 Å². The lowest BCUT2D eigenvalue weighted by Gasteiger charge is -2.24. The molecule has 3 heterocycles. The molecular weight excluding hydrogens is 382 g/mol. The summed E-state index contributed by atoms with van der Waals surface area (Å²) in [5.41, 5.74) is 2.15. The van der Waals surface area contributed by atoms with Crippen LogP contribution in [0.15, 0.2) is 35.7 Å². The third-order valence-corrected chi connectivity index (χ3v) is 6.32. The fraction of sp³-hybridized carbons (Fsp3) is 0.333. The van der Waals surface area contributed by atoms with Crippen molar-refractivity contribution >= 4 is 34.9 Å². The monoisotopic (exact) mass is 401 g/mol. The van der Waals surface area contributed by atoms with Crippen molar-refractivity contribution in [2.24, 2.45) is 7.05 Å². The van der Waals surface area contributed by atoms with Gasteiger partial charge in [0.05, 0.1) is 4.92 Å². The first-order valence-corrected chi connectivity index (χ1v) is 9.92. The predicted octanol–water partition coefficient (Wildman–Crippen LogP) is 3.92. The normalized spacial score (nSPS) is 15.9. The Labute approximate surface area is 165 Å². The molecule has 0 unspecified atom stereocenters. The third-order valence-electron chi connectivity index (χ3n) is 4.96. The van der Waals surface area contributed by atoms with E-state index in [4.69, 9.17) is 17.3 Å². The minimum Gasteiger partial charge on any atom is -0.349 e. The summed E-state index contributed by atoms with van der Waals surface area (Å²) >= 11 is 7.29. The van der Waals surface area contributed by atoms with Gasteiger partial charge in [-0.1, -0.05) is 6.07 Å². The molecule has 2 aromatic heterocycles. The van der Waals surface area contributed by atoms with E-state index in [1.807, 2.05) is 28.4 Å². The molecule has 9 heteroatoms. The molecule has 1 aliphatic heterocycles. The first-order chi connectivity index (χ1) is 12.9. The summed E-state index contributed by atoms with van der Waals surface area (Å²) in [4.78, 5) is 14.1. The van der Waals surface area contributed by atoms with E-state index < -0.39 is 0 Å². The van der Waals surface area contributed by atoms with Gasteiger partial charge in [-0.25, -0.2) is 4.68 Å². The molecule has 1 atom stereocenters. The molecule has 140 valence electrons. The smallest absolute Gasteiger partial charge is 0.269 e. The molecule has 1 aromatic carbocycles. The maximum Gasteiger partial charge on any atom is 0.269 e. The van der Waals surface area contributed by atoms with Crippen molar-refractivity contribution in [3.05, 3.63) is 66.9 Å². The molecule has 0 aliphatic carbocycles. The number of nitrogens with zero attached hydrogens (tertiary/aromatic N) is 5. The second kappa shape index (κ2) is 6.90. The number of non-ortho nitro benzene ring substituents is 1. The van der Waals surface area contributed by atoms with Gasteiger partial charge in [0.25, 0.3) is 5.69 Å². The first-order valence-electron chi connectivity index (χ1n) is 8.63. The quantitative estimate of drug-likeness (QED) is 0.368. The maximum absolute atomic E-state index is 11.0. The molecule has 7 nitrogen and oxygen atoms in total. The van der Waals surface area contributed by atoms with Crippen LogP contribution in [0, 0.1) is 14.9 Å². The number of rotatable bonds is 5. The van der Waals surface area contributed by atoms with Crippen LogP contribution in [0.2, 0.25) is 0 Å². The van der Waals surface area contributed by atoms with Crippen LogP contribution in [-0.2, 0) is 26.6 Å². The Kier molecular flexibility index (Phi) is 4.56. The molecule has 1 aliphatic rings. The fourth-order valence-electron chi connectivity index (χ4n) is 3.50. The van der Waals surface area contributed by atoms with Crippen molar-refractivity contribution < 1.29 is 4.92 Å². The highest BCUT2D eigenvalue weighted by atomic mass is 32.1. The van der Waals surface area contributed by atoms with Crippen LogP contribution in [0.4, 0.5) is 11.4 Å². The Balaban J connectivity index is 1.62. The van der Waals surface area contributed by atoms with Gasteiger partial charge in [-0.3, -0.25) is 10.1 Å². The number of nitro benzene ring substituents is 1. The number of benzene rings is 1. The lowest BCUT2D eigenvalue weighted by Crippen LogP contribution is -2.32. The zero-order valence-corrected chi connectivity index (χ0v) is 16.7. The summed E-state index contributed by atoms with van der Waals surface area (Å²) in [5, 5.41) is 17.8. The first kappa shape index (κ1) is 17.9. The van der Waals surface area contributed by atoms with Crippen LogP contribution in [-0.4, -0.2) is 25.3 Å². The number of aromatic nitrogens is 3. The maximum atomic E-state index is 11.0. The number of hydrogen-bond acceptors (Lipinski definition) is 6. The van der Waals surface area contributed by atoms with Gasteiger partial charge >= 0.3 is 0 Å². The minimum atomic E-state index is -0.348. The van der Waals surface area contributed by atoms with Gasteiger partial charge in [-0.2, -0.15) is 5.10 Å². The Morgan fingerprint density at radius 2 is 2.22 bits per heavy atom. The average molecular weight is 402 g/mol. The number of hydrogen-bond donors (Lipinski definition) is 0. The van der Waals surface area contributed by atoms with Crippen molar-refractivity contribution in [2.45, 2.75) is 32.5 Å². The molecule has 0 saturated heterocycles. The van der Waals surface area contributed by atoms with Gasteiger partial charge in [0.15, 0.2) is 4.77 Å². The van der Waals surface area contributed by atoms with E-state index in [2.05, 4.69) is 23.3 Å². The van der Waals surface area contributed by atoms with Crippen LogP contribution < -0.4 is 4.90 Å². The molecule has 27 heavy (non-hydrogen) atoms. The summed E-state index contributed by atoms with van der Waals surface area (Å²) in [5.74, 6) is 0.929. The Hall–Kier alpha value is -2.52. The second-order valence-corrected chi connectivity index (χ2v) is 8.15. The lowest BCUT2D eigenvalue weighted by molar-refractivity contribution is -0.384. The third kappa shape index (κ3) is 3.28. The number of thiophene rings is 1. The van der Waals surface area contributed by atoms with E-state index >= 15 is 0 Å². The summed E-state index contributed by atoms with van der Waals surface area (Å²) in [6.07, 6.45) is 1.53. The summed E-state index contributed by atoms with van der Waals surface area (Å²) in [6.45, 7) is 2.65. The van der Waals surface area contributed by atoms with Gasteiger partial charge in [0, 0.05) is 42.2 Å². The highest BCUT2D eigenvalue weighted by molar-refractivity contribution is 7.71. The molecule has 4 rings (SSSR count). The van der Waals surface area contributed by atoms with E-state index in [-0.39, 0.29) is 16.7 Å². The van der Waals surface area contributed by atoms with Crippen LogP contribution in [0.1, 0.15) is 23.2 Å². The molecule has 0 saturated carbocycles. The Morgan fingerprint density at radius 1 is 1.41 bits per heavy atom. The van der Waals surface area contributed by atoms with Gasteiger partial charge in [0.1, 0.15) is 12.5 Å². The van der Waals surface area contributed by atoms with E-state index in [1.165, 1.54) is 4.88 Å². The highest BCUT2D eigenvalue weighted by Gasteiger charge is 2.28. The minimum absolute atomic E-state index is 0.135. The van der Waals surface area contributed by atoms with E-state index in [0.717, 1.165) is 29.9 Å². The Bertz CT molecular complexity index is 1050. The topological polar surface area (TPSA) is 69.1 Å². The van der Waals surface area contributed by atoms with Crippen molar-refractivity contribution in [3.63, 3.8) is 0 Å². The SMILES string of the molecule is C[C@@H]1Cc2cc([N+](=O)[O-])ccc2N1Cn1nc(Cc2cccs2)n(C)c1=S. The standard InChI is InChI=1S/C18H19N5O2S2/c1-12-8-13-9-14(23(24)25)5-6-16(13)21(12)11-22-18(26)20(2)17(19-22)10-15-4-3-7-27-15/h3-7,9,12H,8,10-11H2,1-2H3/t12-/m1/s1. The fourth-order valence-corrected chi connectivity index (χ4v) is 4.41. The van der Waals surface area contributed by atoms with E-state index in [0.29, 0.717) is 11.4 Å². The number of fused-ring (bicyclic) bond motifs is 1. The Morgan fingerprint density at radius 3 is 2.93 bits per heavy atom. The summed E-state index contributed by atoms with van der Waals surface area (Å²) in [6, 6.07) is 9.42. The molecule has 0 amide bonds. The van der Waals surface area contributed by atoms with Crippen molar-refractivity contribution in [3.8, 4) is 0 Å². The van der Waals surface area contributed by atoms with Crippen molar-refractivity contribution in [1.82, 2.24) is 14.3 Å². The highest BCUT2D eigenvalue weighted by Crippen LogP contribution is 2.35. The lowest BCUT2D eigenvalue weighted by atomic mass is 10.1. The number of nitro groups is 1. The van der Waals surface area contributed by atoms with Crippen LogP contribution in [0.3, 0.4) is 0 Å². The van der Waals surface area contributed by atoms with E-state index in [1.54, 1.807) is 23.5 Å². The van der Waals surface area contributed by atoms with Crippen LogP contribution in [0.25, 0.3) is 0 Å². The molecule has 0 radical (unpaired) electrons. The molecule has 0 N–H and O–H groups in total. The largest absolute Gasteiger partial charge is 0.349 e. The number of anilines is 1. The summed E-state index contributed by atoms with van der Waals surface area (Å²) < 4.78 is 4.46. The van der Waals surface area contributed by atoms with Crippen LogP contribution >= 0.6 is 23.6 Å². The molecule has 0 bridgehead atoms. The molecule has 0 fully saturated rings. The molecule has 3 aromatic rings.